The zero-order valence-electron chi connectivity index (χ0n) is 19.2. The second-order valence-electron chi connectivity index (χ2n) is 8.30. The first-order chi connectivity index (χ1) is 17.9. The molecule has 1 aliphatic heterocycles. The van der Waals surface area contributed by atoms with Crippen molar-refractivity contribution >= 4 is 40.8 Å². The molecule has 1 aliphatic rings. The lowest BCUT2D eigenvalue weighted by Gasteiger charge is -2.12. The fourth-order valence-electron chi connectivity index (χ4n) is 3.93. The standard InChI is InChI=1S/C26H20Cl2FN5O3/c27-19-12-20(28)18(11-17(19)24-21(29)7-4-9-30-24)25(35)32-23-13-22(26(36)31-15-8-10-37-14-15)33-34(23)16-5-2-1-3-6-16/h1-7,9,11-13,15H,8,10,14H2,(H,31,36)(H,32,35)/t15-/m1/s1. The Bertz CT molecular complexity index is 1470. The van der Waals surface area contributed by atoms with Gasteiger partial charge in [-0.3, -0.25) is 14.6 Å². The molecule has 2 aromatic carbocycles. The topological polar surface area (TPSA) is 98.1 Å². The molecule has 37 heavy (non-hydrogen) atoms. The molecule has 3 heterocycles. The summed E-state index contributed by atoms with van der Waals surface area (Å²) in [6, 6.07) is 15.8. The van der Waals surface area contributed by atoms with Crippen LogP contribution in [0, 0.1) is 5.82 Å². The van der Waals surface area contributed by atoms with Crippen LogP contribution in [0.2, 0.25) is 10.0 Å². The largest absolute Gasteiger partial charge is 0.379 e. The smallest absolute Gasteiger partial charge is 0.272 e. The van der Waals surface area contributed by atoms with E-state index in [1.807, 2.05) is 18.2 Å². The maximum absolute atomic E-state index is 14.4. The van der Waals surface area contributed by atoms with Crippen LogP contribution in [0.1, 0.15) is 27.3 Å². The predicted molar refractivity (Wildman–Crippen MR) is 138 cm³/mol. The SMILES string of the molecule is O=C(N[C@@H]1CCOC1)c1cc(NC(=O)c2cc(-c3ncccc3F)c(Cl)cc2Cl)n(-c2ccccc2)n1. The fraction of sp³-hybridized carbons (Fsp3) is 0.154. The van der Waals surface area contributed by atoms with E-state index in [-0.39, 0.29) is 44.4 Å². The van der Waals surface area contributed by atoms with Crippen LogP contribution in [0.5, 0.6) is 0 Å². The quantitative estimate of drug-likeness (QED) is 0.353. The first-order valence-corrected chi connectivity index (χ1v) is 12.1. The summed E-state index contributed by atoms with van der Waals surface area (Å²) in [6.07, 6.45) is 2.13. The maximum Gasteiger partial charge on any atom is 0.272 e. The molecular formula is C26H20Cl2FN5O3. The van der Waals surface area contributed by atoms with Gasteiger partial charge in [-0.1, -0.05) is 41.4 Å². The number of benzene rings is 2. The van der Waals surface area contributed by atoms with Gasteiger partial charge in [0.1, 0.15) is 17.3 Å². The number of halogens is 3. The Hall–Kier alpha value is -3.79. The third-order valence-corrected chi connectivity index (χ3v) is 6.39. The number of ether oxygens (including phenoxy) is 1. The highest BCUT2D eigenvalue weighted by atomic mass is 35.5. The monoisotopic (exact) mass is 539 g/mol. The van der Waals surface area contributed by atoms with Gasteiger partial charge in [-0.15, -0.1) is 0 Å². The van der Waals surface area contributed by atoms with E-state index in [4.69, 9.17) is 27.9 Å². The summed E-state index contributed by atoms with van der Waals surface area (Å²) in [4.78, 5) is 30.2. The average molecular weight is 540 g/mol. The molecule has 2 N–H and O–H groups in total. The van der Waals surface area contributed by atoms with E-state index in [2.05, 4.69) is 20.7 Å². The van der Waals surface area contributed by atoms with Crippen LogP contribution in [0.15, 0.2) is 66.9 Å². The molecule has 0 spiro atoms. The van der Waals surface area contributed by atoms with Gasteiger partial charge in [0, 0.05) is 24.4 Å². The van der Waals surface area contributed by atoms with Crippen molar-refractivity contribution in [3.05, 3.63) is 94.0 Å². The van der Waals surface area contributed by atoms with Crippen molar-refractivity contribution < 1.29 is 18.7 Å². The number of carbonyl (C=O) groups excluding carboxylic acids is 2. The Balaban J connectivity index is 1.49. The number of amides is 2. The number of pyridine rings is 1. The fourth-order valence-corrected chi connectivity index (χ4v) is 4.49. The van der Waals surface area contributed by atoms with E-state index in [1.54, 1.807) is 12.1 Å². The van der Waals surface area contributed by atoms with Crippen LogP contribution in [0.25, 0.3) is 16.9 Å². The van der Waals surface area contributed by atoms with Crippen LogP contribution in [-0.2, 0) is 4.74 Å². The summed E-state index contributed by atoms with van der Waals surface area (Å²) in [6.45, 7) is 1.01. The van der Waals surface area contributed by atoms with Gasteiger partial charge in [0.25, 0.3) is 11.8 Å². The van der Waals surface area contributed by atoms with Gasteiger partial charge in [-0.2, -0.15) is 5.10 Å². The van der Waals surface area contributed by atoms with E-state index in [1.165, 1.54) is 41.2 Å². The van der Waals surface area contributed by atoms with Crippen LogP contribution in [-0.4, -0.2) is 45.8 Å². The molecule has 0 aliphatic carbocycles. The Morgan fingerprint density at radius 1 is 1.03 bits per heavy atom. The molecule has 0 radical (unpaired) electrons. The molecule has 1 saturated heterocycles. The van der Waals surface area contributed by atoms with Crippen molar-refractivity contribution in [1.82, 2.24) is 20.1 Å². The highest BCUT2D eigenvalue weighted by Gasteiger charge is 2.24. The summed E-state index contributed by atoms with van der Waals surface area (Å²) < 4.78 is 21.1. The van der Waals surface area contributed by atoms with Crippen LogP contribution in [0.4, 0.5) is 10.2 Å². The number of nitrogens with one attached hydrogen (secondary N) is 2. The number of carbonyl (C=O) groups is 2. The molecule has 5 rings (SSSR count). The summed E-state index contributed by atoms with van der Waals surface area (Å²) in [5.41, 5.74) is 0.983. The van der Waals surface area contributed by atoms with E-state index in [0.717, 1.165) is 0 Å². The molecule has 0 unspecified atom stereocenters. The first-order valence-electron chi connectivity index (χ1n) is 11.4. The molecule has 1 atom stereocenters. The van der Waals surface area contributed by atoms with Gasteiger partial charge in [-0.05, 0) is 42.8 Å². The number of para-hydroxylation sites is 1. The average Bonchev–Trinajstić information content (AvgIpc) is 3.55. The maximum atomic E-state index is 14.4. The van der Waals surface area contributed by atoms with Gasteiger partial charge in [0.2, 0.25) is 0 Å². The minimum atomic E-state index is -0.604. The molecule has 2 amide bonds. The second-order valence-corrected chi connectivity index (χ2v) is 9.11. The normalized spacial score (nSPS) is 14.9. The molecule has 0 saturated carbocycles. The van der Waals surface area contributed by atoms with Crippen molar-refractivity contribution in [3.63, 3.8) is 0 Å². The van der Waals surface area contributed by atoms with Crippen molar-refractivity contribution in [1.29, 1.82) is 0 Å². The number of hydrogen-bond donors (Lipinski definition) is 2. The van der Waals surface area contributed by atoms with Crippen molar-refractivity contribution in [2.24, 2.45) is 0 Å². The number of rotatable bonds is 6. The zero-order valence-corrected chi connectivity index (χ0v) is 20.8. The zero-order chi connectivity index (χ0) is 25.9. The molecule has 0 bridgehead atoms. The summed E-state index contributed by atoms with van der Waals surface area (Å²) in [7, 11) is 0. The predicted octanol–water partition coefficient (Wildman–Crippen LogP) is 5.15. The molecule has 4 aromatic rings. The van der Waals surface area contributed by atoms with E-state index >= 15 is 0 Å². The first kappa shape index (κ1) is 24.9. The van der Waals surface area contributed by atoms with Gasteiger partial charge in [0.15, 0.2) is 5.69 Å². The molecule has 11 heteroatoms. The third kappa shape index (κ3) is 5.34. The molecular weight excluding hydrogens is 520 g/mol. The molecule has 1 fully saturated rings. The number of aromatic nitrogens is 3. The molecule has 188 valence electrons. The minimum Gasteiger partial charge on any atom is -0.379 e. The van der Waals surface area contributed by atoms with Gasteiger partial charge < -0.3 is 15.4 Å². The van der Waals surface area contributed by atoms with E-state index in [9.17, 15) is 14.0 Å². The van der Waals surface area contributed by atoms with Crippen LogP contribution in [0.3, 0.4) is 0 Å². The second kappa shape index (κ2) is 10.7. The minimum absolute atomic E-state index is 0.0117. The van der Waals surface area contributed by atoms with E-state index in [0.29, 0.717) is 25.3 Å². The van der Waals surface area contributed by atoms with Crippen molar-refractivity contribution in [2.45, 2.75) is 12.5 Å². The summed E-state index contributed by atoms with van der Waals surface area (Å²) in [5, 5.41) is 10.3. The Kier molecular flexibility index (Phi) is 7.18. The Morgan fingerprint density at radius 2 is 1.84 bits per heavy atom. The summed E-state index contributed by atoms with van der Waals surface area (Å²) >= 11 is 12.6. The molecule has 2 aromatic heterocycles. The number of anilines is 1. The van der Waals surface area contributed by atoms with Crippen molar-refractivity contribution in [3.8, 4) is 16.9 Å². The lowest BCUT2D eigenvalue weighted by Crippen LogP contribution is -2.35. The van der Waals surface area contributed by atoms with Gasteiger partial charge >= 0.3 is 0 Å². The number of nitrogens with zero attached hydrogens (tertiary/aromatic N) is 3. The Labute approximate surface area is 221 Å². The van der Waals surface area contributed by atoms with Crippen LogP contribution >= 0.6 is 23.2 Å². The number of hydrogen-bond acceptors (Lipinski definition) is 5. The van der Waals surface area contributed by atoms with Crippen molar-refractivity contribution in [2.75, 3.05) is 18.5 Å². The highest BCUT2D eigenvalue weighted by Crippen LogP contribution is 2.33. The third-order valence-electron chi connectivity index (χ3n) is 5.76. The lowest BCUT2D eigenvalue weighted by atomic mass is 10.1. The summed E-state index contributed by atoms with van der Waals surface area (Å²) in [5.74, 6) is -1.35. The Morgan fingerprint density at radius 3 is 2.57 bits per heavy atom. The lowest BCUT2D eigenvalue weighted by molar-refractivity contribution is 0.0923. The molecule has 8 nitrogen and oxygen atoms in total. The van der Waals surface area contributed by atoms with Gasteiger partial charge in [-0.25, -0.2) is 9.07 Å². The van der Waals surface area contributed by atoms with Gasteiger partial charge in [0.05, 0.1) is 33.9 Å². The highest BCUT2D eigenvalue weighted by molar-refractivity contribution is 6.38. The van der Waals surface area contributed by atoms with E-state index < -0.39 is 17.6 Å². The van der Waals surface area contributed by atoms with Crippen LogP contribution < -0.4 is 10.6 Å².